The second kappa shape index (κ2) is 8.17. The molecule has 1 aliphatic carbocycles. The normalized spacial score (nSPS) is 14.7. The van der Waals surface area contributed by atoms with E-state index in [1.54, 1.807) is 37.4 Å². The van der Waals surface area contributed by atoms with Crippen LogP contribution >= 0.6 is 11.6 Å². The zero-order valence-corrected chi connectivity index (χ0v) is 17.2. The van der Waals surface area contributed by atoms with Crippen molar-refractivity contribution in [1.29, 1.82) is 5.26 Å². The molecule has 0 unspecified atom stereocenters. The zero-order chi connectivity index (χ0) is 21.3. The van der Waals surface area contributed by atoms with Gasteiger partial charge in [-0.15, -0.1) is 0 Å². The number of methoxy groups -OCH3 is 1. The Bertz CT molecular complexity index is 1160. The summed E-state index contributed by atoms with van der Waals surface area (Å²) in [5.74, 6) is 1.03. The van der Waals surface area contributed by atoms with E-state index in [1.807, 2.05) is 0 Å². The van der Waals surface area contributed by atoms with Gasteiger partial charge >= 0.3 is 0 Å². The molecular formula is C22H19ClFN5O. The molecule has 0 saturated heterocycles. The molecule has 1 atom stereocenters. The van der Waals surface area contributed by atoms with Crippen LogP contribution in [0.1, 0.15) is 34.7 Å². The first-order valence-corrected chi connectivity index (χ1v) is 9.80. The minimum atomic E-state index is -0.337. The van der Waals surface area contributed by atoms with Crippen molar-refractivity contribution in [2.24, 2.45) is 0 Å². The number of ether oxygens (including phenoxy) is 1. The third kappa shape index (κ3) is 3.62. The lowest BCUT2D eigenvalue weighted by molar-refractivity contribution is 0.413. The van der Waals surface area contributed by atoms with Gasteiger partial charge in [0.1, 0.15) is 23.5 Å². The molecule has 0 fully saturated rings. The van der Waals surface area contributed by atoms with Crippen molar-refractivity contribution in [3.05, 3.63) is 69.6 Å². The molecule has 0 aliphatic heterocycles. The Balaban J connectivity index is 1.73. The van der Waals surface area contributed by atoms with E-state index in [2.05, 4.69) is 21.7 Å². The molecule has 4 rings (SSSR count). The van der Waals surface area contributed by atoms with Crippen LogP contribution in [0.4, 0.5) is 21.8 Å². The number of nitrogens with zero attached hydrogens (tertiary/aromatic N) is 3. The number of anilines is 3. The molecule has 0 bridgehead atoms. The number of fused-ring (bicyclic) bond motifs is 1. The summed E-state index contributed by atoms with van der Waals surface area (Å²) in [6.45, 7) is 0. The molecule has 0 radical (unpaired) electrons. The lowest BCUT2D eigenvalue weighted by Crippen LogP contribution is -2.08. The van der Waals surface area contributed by atoms with Gasteiger partial charge in [-0.2, -0.15) is 10.2 Å². The van der Waals surface area contributed by atoms with Crippen LogP contribution in [0.3, 0.4) is 0 Å². The van der Waals surface area contributed by atoms with Crippen LogP contribution in [0.2, 0.25) is 5.02 Å². The van der Waals surface area contributed by atoms with E-state index in [9.17, 15) is 4.39 Å². The summed E-state index contributed by atoms with van der Waals surface area (Å²) >= 11 is 5.92. The minimum absolute atomic E-state index is 0.177. The lowest BCUT2D eigenvalue weighted by atomic mass is 9.96. The Labute approximate surface area is 178 Å². The molecule has 1 aliphatic rings. The van der Waals surface area contributed by atoms with Crippen LogP contribution in [-0.2, 0) is 6.42 Å². The first-order chi connectivity index (χ1) is 14.5. The Hall–Kier alpha value is -3.37. The molecule has 1 aromatic heterocycles. The van der Waals surface area contributed by atoms with E-state index < -0.39 is 0 Å². The molecule has 2 N–H and O–H groups in total. The molecule has 1 heterocycles. The minimum Gasteiger partial charge on any atom is -0.495 e. The van der Waals surface area contributed by atoms with Crippen LogP contribution < -0.4 is 15.4 Å². The number of nitriles is 1. The van der Waals surface area contributed by atoms with Crippen molar-refractivity contribution in [3.8, 4) is 11.8 Å². The molecule has 152 valence electrons. The average molecular weight is 424 g/mol. The van der Waals surface area contributed by atoms with Crippen molar-refractivity contribution >= 4 is 29.1 Å². The highest BCUT2D eigenvalue weighted by molar-refractivity contribution is 6.30. The molecule has 0 spiro atoms. The Kier molecular flexibility index (Phi) is 5.42. The van der Waals surface area contributed by atoms with Gasteiger partial charge in [0.25, 0.3) is 0 Å². The standard InChI is InChI=1S/C22H19ClFN5O/c1-26-21-17-8-7-16(15-6-4-13(23)9-18(15)24)20(17)28-22(29-21)27-14-5-3-12(11-25)19(10-14)30-2/h3-6,9-10,16H,7-8H2,1-2H3,(H2,26,27,28,29)/t16-/m0/s1. The Morgan fingerprint density at radius 3 is 2.77 bits per heavy atom. The smallest absolute Gasteiger partial charge is 0.229 e. The average Bonchev–Trinajstić information content (AvgIpc) is 3.16. The highest BCUT2D eigenvalue weighted by Crippen LogP contribution is 2.41. The van der Waals surface area contributed by atoms with Crippen molar-refractivity contribution in [2.75, 3.05) is 24.8 Å². The van der Waals surface area contributed by atoms with Gasteiger partial charge in [0.2, 0.25) is 5.95 Å². The van der Waals surface area contributed by atoms with Crippen LogP contribution in [0.25, 0.3) is 0 Å². The number of halogens is 2. The number of rotatable bonds is 5. The molecule has 6 nitrogen and oxygen atoms in total. The van der Waals surface area contributed by atoms with Crippen molar-refractivity contribution in [2.45, 2.75) is 18.8 Å². The van der Waals surface area contributed by atoms with Crippen LogP contribution in [0.5, 0.6) is 5.75 Å². The number of benzene rings is 2. The third-order valence-electron chi connectivity index (χ3n) is 5.21. The fourth-order valence-electron chi connectivity index (χ4n) is 3.80. The molecular weight excluding hydrogens is 405 g/mol. The molecule has 0 amide bonds. The number of hydrogen-bond donors (Lipinski definition) is 2. The van der Waals surface area contributed by atoms with Crippen LogP contribution in [0.15, 0.2) is 36.4 Å². The molecule has 30 heavy (non-hydrogen) atoms. The first kappa shape index (κ1) is 19.9. The lowest BCUT2D eigenvalue weighted by Gasteiger charge is -2.16. The highest BCUT2D eigenvalue weighted by Gasteiger charge is 2.31. The van der Waals surface area contributed by atoms with E-state index in [1.165, 1.54) is 13.2 Å². The van der Waals surface area contributed by atoms with Gasteiger partial charge in [-0.1, -0.05) is 17.7 Å². The fraction of sp³-hybridized carbons (Fsp3) is 0.227. The second-order valence-corrected chi connectivity index (χ2v) is 7.36. The van der Waals surface area contributed by atoms with Gasteiger partial charge in [-0.05, 0) is 42.7 Å². The summed E-state index contributed by atoms with van der Waals surface area (Å²) in [6, 6.07) is 12.0. The van der Waals surface area contributed by atoms with Gasteiger partial charge in [-0.3, -0.25) is 0 Å². The van der Waals surface area contributed by atoms with E-state index in [0.29, 0.717) is 39.4 Å². The van der Waals surface area contributed by atoms with Crippen molar-refractivity contribution in [1.82, 2.24) is 9.97 Å². The van der Waals surface area contributed by atoms with Crippen molar-refractivity contribution < 1.29 is 9.13 Å². The number of aromatic nitrogens is 2. The molecule has 8 heteroatoms. The third-order valence-corrected chi connectivity index (χ3v) is 5.44. The summed E-state index contributed by atoms with van der Waals surface area (Å²) in [7, 11) is 3.31. The molecule has 0 saturated carbocycles. The van der Waals surface area contributed by atoms with Gasteiger partial charge in [0.15, 0.2) is 0 Å². The number of nitrogens with one attached hydrogen (secondary N) is 2. The van der Waals surface area contributed by atoms with Gasteiger partial charge in [0.05, 0.1) is 18.4 Å². The largest absolute Gasteiger partial charge is 0.495 e. The monoisotopic (exact) mass is 423 g/mol. The summed E-state index contributed by atoms with van der Waals surface area (Å²) < 4.78 is 19.8. The van der Waals surface area contributed by atoms with Gasteiger partial charge in [-0.25, -0.2) is 9.37 Å². The Morgan fingerprint density at radius 1 is 1.23 bits per heavy atom. The second-order valence-electron chi connectivity index (χ2n) is 6.92. The summed E-state index contributed by atoms with van der Waals surface area (Å²) in [5.41, 5.74) is 3.47. The van der Waals surface area contributed by atoms with Crippen LogP contribution in [0, 0.1) is 17.1 Å². The van der Waals surface area contributed by atoms with Gasteiger partial charge < -0.3 is 15.4 Å². The van der Waals surface area contributed by atoms with E-state index in [0.717, 1.165) is 24.1 Å². The zero-order valence-electron chi connectivity index (χ0n) is 16.5. The predicted molar refractivity (Wildman–Crippen MR) is 114 cm³/mol. The summed E-state index contributed by atoms with van der Waals surface area (Å²) in [4.78, 5) is 9.28. The topological polar surface area (TPSA) is 82.9 Å². The highest BCUT2D eigenvalue weighted by atomic mass is 35.5. The van der Waals surface area contributed by atoms with E-state index in [4.69, 9.17) is 26.6 Å². The fourth-order valence-corrected chi connectivity index (χ4v) is 3.96. The molecule has 3 aromatic rings. The van der Waals surface area contributed by atoms with Crippen LogP contribution in [-0.4, -0.2) is 24.1 Å². The summed E-state index contributed by atoms with van der Waals surface area (Å²) in [5, 5.41) is 15.8. The first-order valence-electron chi connectivity index (χ1n) is 9.42. The van der Waals surface area contributed by atoms with Crippen molar-refractivity contribution in [3.63, 3.8) is 0 Å². The maximum atomic E-state index is 14.6. The van der Waals surface area contributed by atoms with E-state index >= 15 is 0 Å². The Morgan fingerprint density at radius 2 is 2.07 bits per heavy atom. The summed E-state index contributed by atoms with van der Waals surface area (Å²) in [6.07, 6.45) is 1.49. The quantitative estimate of drug-likeness (QED) is 0.600. The van der Waals surface area contributed by atoms with Gasteiger partial charge in [0, 0.05) is 35.3 Å². The van der Waals surface area contributed by atoms with E-state index in [-0.39, 0.29) is 11.7 Å². The maximum absolute atomic E-state index is 14.6. The maximum Gasteiger partial charge on any atom is 0.229 e. The molecule has 2 aromatic carbocycles. The predicted octanol–water partition coefficient (Wildman–Crippen LogP) is 5.01. The SMILES string of the molecule is CNc1nc(Nc2ccc(C#N)c(OC)c2)nc2c1CC[C@H]2c1ccc(Cl)cc1F. The number of hydrogen-bond acceptors (Lipinski definition) is 6.